The first-order valence-electron chi connectivity index (χ1n) is 22.8. The molecule has 0 aromatic heterocycles. The van der Waals surface area contributed by atoms with E-state index in [1.54, 1.807) is 35.5 Å². The van der Waals surface area contributed by atoms with Crippen LogP contribution < -0.4 is 23.7 Å². The number of rotatable bonds is 22. The van der Waals surface area contributed by atoms with Crippen molar-refractivity contribution in [1.29, 1.82) is 0 Å². The fourth-order valence-electron chi connectivity index (χ4n) is 10.2. The van der Waals surface area contributed by atoms with Gasteiger partial charge in [0.2, 0.25) is 0 Å². The zero-order chi connectivity index (χ0) is 48.3. The van der Waals surface area contributed by atoms with E-state index in [0.29, 0.717) is 92.3 Å². The number of likely N-dealkylation sites (N-methyl/N-ethyl adjacent to an activating group) is 2. The number of aliphatic hydroxyl groups excluding tert-OH is 4. The number of methoxy groups -OCH3 is 5. The van der Waals surface area contributed by atoms with E-state index in [4.69, 9.17) is 33.2 Å². The first-order valence-corrected chi connectivity index (χ1v) is 22.8. The van der Waals surface area contributed by atoms with E-state index in [2.05, 4.69) is 20.2 Å². The van der Waals surface area contributed by atoms with Crippen molar-refractivity contribution in [3.05, 3.63) is 122 Å². The second-order valence-corrected chi connectivity index (χ2v) is 17.8. The first-order chi connectivity index (χ1) is 32.3. The number of esters is 2. The van der Waals surface area contributed by atoms with Gasteiger partial charge < -0.3 is 62.6 Å². The maximum atomic E-state index is 12.8. The van der Waals surface area contributed by atoms with Crippen molar-refractivity contribution >= 4 is 11.9 Å². The molecule has 15 heteroatoms. The summed E-state index contributed by atoms with van der Waals surface area (Å²) in [6, 6.07) is 17.6. The Labute approximate surface area is 393 Å². The molecule has 0 saturated heterocycles. The van der Waals surface area contributed by atoms with Gasteiger partial charge in [0.1, 0.15) is 17.8 Å². The predicted molar refractivity (Wildman–Crippen MR) is 250 cm³/mol. The number of ether oxygens (including phenoxy) is 7. The van der Waals surface area contributed by atoms with E-state index in [0.717, 1.165) is 65.9 Å². The van der Waals surface area contributed by atoms with Crippen molar-refractivity contribution in [2.24, 2.45) is 0 Å². The Morgan fingerprint density at radius 2 is 1.13 bits per heavy atom. The summed E-state index contributed by atoms with van der Waals surface area (Å²) in [5.74, 6) is 1.65. The van der Waals surface area contributed by atoms with Gasteiger partial charge in [-0.1, -0.05) is 6.07 Å². The van der Waals surface area contributed by atoms with Crippen molar-refractivity contribution in [3.63, 3.8) is 0 Å². The average Bonchev–Trinajstić information content (AvgIpc) is 3.35. The topological polar surface area (TPSA) is 180 Å². The third kappa shape index (κ3) is 11.4. The van der Waals surface area contributed by atoms with E-state index < -0.39 is 11.9 Å². The average molecular weight is 929 g/mol. The van der Waals surface area contributed by atoms with E-state index in [-0.39, 0.29) is 51.7 Å². The lowest BCUT2D eigenvalue weighted by atomic mass is 9.83. The fraction of sp³-hybridized carbons (Fsp3) is 0.462. The van der Waals surface area contributed by atoms with Crippen molar-refractivity contribution in [3.8, 4) is 28.7 Å². The first kappa shape index (κ1) is 50.7. The summed E-state index contributed by atoms with van der Waals surface area (Å²) in [6.45, 7) is 2.42. The molecule has 4 aromatic rings. The highest BCUT2D eigenvalue weighted by Gasteiger charge is 2.42. The Bertz CT molecular complexity index is 2380. The standard InChI is InChI=1S/C52H68N2O13/c1-53(18-14-36-28-46(62-4)47(63-5)29-42(36)44(53)23-34-22-41(33-58)52(65-7)48(24-34)64-6)16-8-20-66-49(59)12-13-50(60)67-21-9-17-54(2)19-15-35-25-38(30-55)39(31-56)27-43(35)51(54)37-10-11-45(61-3)40(26-37)32-57/h10-13,22,24-29,44,51,55-58H,8-9,14-21,23,30-33H2,1-7H3/q+2/b13-12-. The molecule has 2 aliphatic heterocycles. The molecule has 67 heavy (non-hydrogen) atoms. The monoisotopic (exact) mass is 928 g/mol. The van der Waals surface area contributed by atoms with Crippen molar-refractivity contribution in [2.45, 2.75) is 70.6 Å². The normalized spacial score (nSPS) is 19.9. The third-order valence-electron chi connectivity index (χ3n) is 13.7. The molecule has 0 spiro atoms. The van der Waals surface area contributed by atoms with Crippen LogP contribution in [0, 0.1) is 0 Å². The van der Waals surface area contributed by atoms with Crippen LogP contribution in [0.15, 0.2) is 66.7 Å². The number of benzene rings is 4. The number of nitrogens with zero attached hydrogens (tertiary/aromatic N) is 2. The lowest BCUT2D eigenvalue weighted by Gasteiger charge is -2.46. The smallest absolute Gasteiger partial charge is 0.331 e. The van der Waals surface area contributed by atoms with Crippen LogP contribution in [-0.4, -0.2) is 130 Å². The van der Waals surface area contributed by atoms with Crippen LogP contribution in [0.3, 0.4) is 0 Å². The van der Waals surface area contributed by atoms with Gasteiger partial charge in [0, 0.05) is 72.1 Å². The van der Waals surface area contributed by atoms with Gasteiger partial charge in [0.15, 0.2) is 23.0 Å². The number of quaternary nitrogens is 2. The van der Waals surface area contributed by atoms with Gasteiger partial charge >= 0.3 is 11.9 Å². The van der Waals surface area contributed by atoms with Gasteiger partial charge in [0.05, 0.1) is 115 Å². The molecule has 2 aliphatic rings. The molecule has 4 N–H and O–H groups in total. The molecule has 4 aromatic carbocycles. The molecule has 0 saturated carbocycles. The summed E-state index contributed by atoms with van der Waals surface area (Å²) < 4.78 is 40.4. The molecule has 0 radical (unpaired) electrons. The van der Waals surface area contributed by atoms with Crippen LogP contribution in [0.1, 0.15) is 80.6 Å². The van der Waals surface area contributed by atoms with E-state index in [1.165, 1.54) is 5.56 Å². The van der Waals surface area contributed by atoms with Crippen LogP contribution in [0.4, 0.5) is 0 Å². The van der Waals surface area contributed by atoms with Crippen LogP contribution in [-0.2, 0) is 64.8 Å². The Morgan fingerprint density at radius 3 is 1.72 bits per heavy atom. The van der Waals surface area contributed by atoms with Crippen LogP contribution in [0.2, 0.25) is 0 Å². The molecule has 6 rings (SSSR count). The summed E-state index contributed by atoms with van der Waals surface area (Å²) in [5, 5.41) is 40.5. The number of hydrogen-bond acceptors (Lipinski definition) is 13. The second kappa shape index (κ2) is 22.9. The molecule has 2 heterocycles. The lowest BCUT2D eigenvalue weighted by molar-refractivity contribution is -0.941. The summed E-state index contributed by atoms with van der Waals surface area (Å²) in [5.41, 5.74) is 9.03. The minimum absolute atomic E-state index is 0.0273. The maximum absolute atomic E-state index is 12.8. The van der Waals surface area contributed by atoms with Gasteiger partial charge in [-0.15, -0.1) is 0 Å². The lowest BCUT2D eigenvalue weighted by Crippen LogP contribution is -2.52. The number of carbonyl (C=O) groups excluding carboxylic acids is 2. The Morgan fingerprint density at radius 1 is 0.582 bits per heavy atom. The van der Waals surface area contributed by atoms with Crippen molar-refractivity contribution < 1.29 is 72.1 Å². The van der Waals surface area contributed by atoms with Gasteiger partial charge in [0.25, 0.3) is 0 Å². The molecule has 0 aliphatic carbocycles. The molecule has 0 bridgehead atoms. The van der Waals surface area contributed by atoms with Crippen LogP contribution >= 0.6 is 0 Å². The Balaban J connectivity index is 1.06. The Kier molecular flexibility index (Phi) is 17.3. The summed E-state index contributed by atoms with van der Waals surface area (Å²) in [4.78, 5) is 25.6. The maximum Gasteiger partial charge on any atom is 0.331 e. The Hall–Kier alpha value is -5.68. The number of hydrogen-bond donors (Lipinski definition) is 4. The third-order valence-corrected chi connectivity index (χ3v) is 13.7. The fourth-order valence-corrected chi connectivity index (χ4v) is 10.2. The molecule has 4 atom stereocenters. The molecule has 15 nitrogen and oxygen atoms in total. The number of fused-ring (bicyclic) bond motifs is 2. The zero-order valence-corrected chi connectivity index (χ0v) is 40.0. The molecular weight excluding hydrogens is 861 g/mol. The molecule has 0 amide bonds. The second-order valence-electron chi connectivity index (χ2n) is 17.8. The molecule has 362 valence electrons. The molecule has 4 unspecified atom stereocenters. The predicted octanol–water partition coefficient (Wildman–Crippen LogP) is 5.20. The van der Waals surface area contributed by atoms with Crippen LogP contribution in [0.25, 0.3) is 0 Å². The number of carbonyl (C=O) groups is 2. The van der Waals surface area contributed by atoms with E-state index >= 15 is 0 Å². The highest BCUT2D eigenvalue weighted by Crippen LogP contribution is 2.45. The van der Waals surface area contributed by atoms with Gasteiger partial charge in [-0.25, -0.2) is 9.59 Å². The zero-order valence-electron chi connectivity index (χ0n) is 40.0. The van der Waals surface area contributed by atoms with E-state index in [1.807, 2.05) is 48.5 Å². The molecular formula is C52H68N2O13+2. The highest BCUT2D eigenvalue weighted by molar-refractivity contribution is 5.91. The van der Waals surface area contributed by atoms with Crippen molar-refractivity contribution in [2.75, 3.05) is 89.0 Å². The highest BCUT2D eigenvalue weighted by atomic mass is 16.5. The summed E-state index contributed by atoms with van der Waals surface area (Å²) in [6.07, 6.45) is 5.47. The van der Waals surface area contributed by atoms with E-state index in [9.17, 15) is 30.0 Å². The number of aliphatic hydroxyl groups is 4. The largest absolute Gasteiger partial charge is 0.496 e. The quantitative estimate of drug-likeness (QED) is 0.0350. The van der Waals surface area contributed by atoms with Crippen LogP contribution in [0.5, 0.6) is 28.7 Å². The summed E-state index contributed by atoms with van der Waals surface area (Å²) in [7, 11) is 12.3. The van der Waals surface area contributed by atoms with Gasteiger partial charge in [-0.2, -0.15) is 0 Å². The van der Waals surface area contributed by atoms with Crippen molar-refractivity contribution in [1.82, 2.24) is 0 Å². The minimum Gasteiger partial charge on any atom is -0.496 e. The SMILES string of the molecule is COc1ccc(C2c3cc(CO)c(CO)cc3CC[N+]2(C)CCCOC(=O)/C=C\C(=O)OCCC[N+]2(C)CCc3cc(OC)c(OC)cc3C2Cc2cc(CO)c(OC)c(OC)c2)cc1CO. The van der Waals surface area contributed by atoms with Gasteiger partial charge in [-0.3, -0.25) is 0 Å². The molecule has 0 fully saturated rings. The minimum atomic E-state index is -0.647. The van der Waals surface area contributed by atoms with Gasteiger partial charge in [-0.05, 0) is 76.3 Å². The summed E-state index contributed by atoms with van der Waals surface area (Å²) >= 11 is 0.